The molecule has 0 radical (unpaired) electrons. The van der Waals surface area contributed by atoms with Crippen LogP contribution in [0.25, 0.3) is 55.4 Å². The van der Waals surface area contributed by atoms with Gasteiger partial charge in [-0.2, -0.15) is 0 Å². The molecule has 0 atom stereocenters. The second-order valence-corrected chi connectivity index (χ2v) is 11.1. The Labute approximate surface area is 259 Å². The molecule has 4 aromatic heterocycles. The quantitative estimate of drug-likeness (QED) is 0.204. The zero-order valence-corrected chi connectivity index (χ0v) is 24.3. The van der Waals surface area contributed by atoms with Crippen LogP contribution >= 0.6 is 0 Å². The van der Waals surface area contributed by atoms with Crippen LogP contribution in [0, 0.1) is 0 Å². The highest BCUT2D eigenvalue weighted by Gasteiger charge is 2.21. The van der Waals surface area contributed by atoms with Gasteiger partial charge < -0.3 is 14.0 Å². The molecule has 0 aliphatic heterocycles. The lowest BCUT2D eigenvalue weighted by Crippen LogP contribution is -2.10. The SMILES string of the molecule is c1ccc(N(c2ccccc2)c2cccc(-n3c4ccccc4c4nc5c6ncccc6n(-c6ccccc6)c5cc43)c2)cc1. The minimum Gasteiger partial charge on any atom is -0.310 e. The molecule has 5 heteroatoms. The summed E-state index contributed by atoms with van der Waals surface area (Å²) in [5, 5.41) is 1.11. The van der Waals surface area contributed by atoms with Crippen molar-refractivity contribution >= 4 is 61.1 Å². The summed E-state index contributed by atoms with van der Waals surface area (Å²) in [4.78, 5) is 12.5. The summed E-state index contributed by atoms with van der Waals surface area (Å²) in [7, 11) is 0. The van der Waals surface area contributed by atoms with E-state index in [1.54, 1.807) is 0 Å². The number of anilines is 3. The molecular weight excluding hydrogens is 550 g/mol. The van der Waals surface area contributed by atoms with Gasteiger partial charge in [-0.15, -0.1) is 0 Å². The third-order valence-electron chi connectivity index (χ3n) is 8.51. The van der Waals surface area contributed by atoms with Crippen LogP contribution in [0.15, 0.2) is 164 Å². The van der Waals surface area contributed by atoms with Crippen molar-refractivity contribution in [3.63, 3.8) is 0 Å². The lowest BCUT2D eigenvalue weighted by molar-refractivity contribution is 1.15. The van der Waals surface area contributed by atoms with Gasteiger partial charge in [-0.1, -0.05) is 78.9 Å². The van der Waals surface area contributed by atoms with Crippen LogP contribution in [0.2, 0.25) is 0 Å². The first kappa shape index (κ1) is 25.3. The molecule has 0 aliphatic carbocycles. The fraction of sp³-hybridized carbons (Fsp3) is 0. The van der Waals surface area contributed by atoms with Crippen LogP contribution < -0.4 is 4.90 Å². The Morgan fingerprint density at radius 3 is 1.73 bits per heavy atom. The third kappa shape index (κ3) is 4.02. The zero-order chi connectivity index (χ0) is 29.7. The molecule has 5 nitrogen and oxygen atoms in total. The Balaban J connectivity index is 1.34. The number of pyridine rings is 2. The normalized spacial score (nSPS) is 11.6. The average molecular weight is 578 g/mol. The summed E-state index contributed by atoms with van der Waals surface area (Å²) < 4.78 is 4.62. The van der Waals surface area contributed by atoms with Gasteiger partial charge in [-0.25, -0.2) is 4.98 Å². The van der Waals surface area contributed by atoms with E-state index in [2.05, 4.69) is 160 Å². The molecule has 0 fully saturated rings. The van der Waals surface area contributed by atoms with E-state index < -0.39 is 0 Å². The van der Waals surface area contributed by atoms with E-state index in [9.17, 15) is 0 Å². The van der Waals surface area contributed by atoms with Crippen LogP contribution in [-0.2, 0) is 0 Å². The summed E-state index contributed by atoms with van der Waals surface area (Å²) in [6, 6.07) is 55.2. The number of nitrogens with zero attached hydrogens (tertiary/aromatic N) is 5. The highest BCUT2D eigenvalue weighted by Crippen LogP contribution is 2.39. The highest BCUT2D eigenvalue weighted by molar-refractivity contribution is 6.14. The van der Waals surface area contributed by atoms with Gasteiger partial charge in [-0.05, 0) is 78.9 Å². The maximum absolute atomic E-state index is 5.36. The molecule has 0 aliphatic rings. The van der Waals surface area contributed by atoms with Crippen molar-refractivity contribution in [1.82, 2.24) is 19.1 Å². The Morgan fingerprint density at radius 2 is 0.978 bits per heavy atom. The largest absolute Gasteiger partial charge is 0.310 e. The molecule has 0 saturated carbocycles. The van der Waals surface area contributed by atoms with Crippen LogP contribution in [0.3, 0.4) is 0 Å². The van der Waals surface area contributed by atoms with Crippen molar-refractivity contribution in [1.29, 1.82) is 0 Å². The fourth-order valence-electron chi connectivity index (χ4n) is 6.60. The molecule has 45 heavy (non-hydrogen) atoms. The van der Waals surface area contributed by atoms with Crippen molar-refractivity contribution in [2.45, 2.75) is 0 Å². The highest BCUT2D eigenvalue weighted by atomic mass is 15.1. The van der Waals surface area contributed by atoms with Gasteiger partial charge in [0.2, 0.25) is 0 Å². The molecule has 0 amide bonds. The van der Waals surface area contributed by atoms with Crippen molar-refractivity contribution in [3.8, 4) is 11.4 Å². The minimum atomic E-state index is 0.901. The predicted molar refractivity (Wildman–Crippen MR) is 185 cm³/mol. The number of hydrogen-bond acceptors (Lipinski definition) is 3. The predicted octanol–water partition coefficient (Wildman–Crippen LogP) is 10.1. The molecule has 5 aromatic carbocycles. The van der Waals surface area contributed by atoms with Crippen molar-refractivity contribution in [2.24, 2.45) is 0 Å². The zero-order valence-electron chi connectivity index (χ0n) is 24.3. The number of para-hydroxylation sites is 4. The second-order valence-electron chi connectivity index (χ2n) is 11.1. The van der Waals surface area contributed by atoms with Gasteiger partial charge >= 0.3 is 0 Å². The molecule has 9 aromatic rings. The summed E-state index contributed by atoms with van der Waals surface area (Å²) >= 11 is 0. The van der Waals surface area contributed by atoms with E-state index >= 15 is 0 Å². The number of rotatable bonds is 5. The lowest BCUT2D eigenvalue weighted by Gasteiger charge is -2.26. The topological polar surface area (TPSA) is 38.9 Å². The van der Waals surface area contributed by atoms with Gasteiger partial charge in [0.1, 0.15) is 11.0 Å². The maximum atomic E-state index is 5.36. The van der Waals surface area contributed by atoms with Gasteiger partial charge in [-0.3, -0.25) is 4.98 Å². The first-order chi connectivity index (χ1) is 22.3. The fourth-order valence-corrected chi connectivity index (χ4v) is 6.60. The second kappa shape index (κ2) is 10.2. The van der Waals surface area contributed by atoms with E-state index in [4.69, 9.17) is 9.97 Å². The molecule has 0 unspecified atom stereocenters. The van der Waals surface area contributed by atoms with Gasteiger partial charge in [0, 0.05) is 40.0 Å². The van der Waals surface area contributed by atoms with Crippen molar-refractivity contribution in [2.75, 3.05) is 4.90 Å². The number of aromatic nitrogens is 4. The Bertz CT molecular complexity index is 2440. The smallest absolute Gasteiger partial charge is 0.116 e. The molecular formula is C40H27N5. The molecule has 4 heterocycles. The van der Waals surface area contributed by atoms with Crippen LogP contribution in [0.5, 0.6) is 0 Å². The molecule has 0 spiro atoms. The van der Waals surface area contributed by atoms with Gasteiger partial charge in [0.15, 0.2) is 0 Å². The molecule has 9 rings (SSSR count). The number of hydrogen-bond donors (Lipinski definition) is 0. The van der Waals surface area contributed by atoms with Crippen molar-refractivity contribution < 1.29 is 0 Å². The maximum Gasteiger partial charge on any atom is 0.116 e. The summed E-state index contributed by atoms with van der Waals surface area (Å²) in [6.45, 7) is 0. The first-order valence-electron chi connectivity index (χ1n) is 15.1. The van der Waals surface area contributed by atoms with Gasteiger partial charge in [0.05, 0.1) is 27.6 Å². The van der Waals surface area contributed by atoms with Gasteiger partial charge in [0.25, 0.3) is 0 Å². The number of fused-ring (bicyclic) bond motifs is 6. The molecule has 0 bridgehead atoms. The Morgan fingerprint density at radius 1 is 0.400 bits per heavy atom. The lowest BCUT2D eigenvalue weighted by atomic mass is 10.1. The monoisotopic (exact) mass is 577 g/mol. The van der Waals surface area contributed by atoms with E-state index in [1.807, 2.05) is 18.3 Å². The first-order valence-corrected chi connectivity index (χ1v) is 15.1. The number of benzene rings is 5. The van der Waals surface area contributed by atoms with Crippen LogP contribution in [0.1, 0.15) is 0 Å². The Hall–Kier alpha value is -6.20. The summed E-state index contributed by atoms with van der Waals surface area (Å²) in [5.41, 5.74) is 12.4. The average Bonchev–Trinajstić information content (AvgIpc) is 3.61. The van der Waals surface area contributed by atoms with Crippen LogP contribution in [0.4, 0.5) is 17.1 Å². The Kier molecular flexibility index (Phi) is 5.74. The van der Waals surface area contributed by atoms with E-state index in [1.165, 1.54) is 0 Å². The standard InChI is InChI=1S/C40H27N5/c1-4-14-28(15-5-1)43(29-16-6-2-7-17-29)31-20-12-21-32(26-31)45-34-23-11-10-22-33(34)38-36(45)27-37-40(42-38)39-35(24-13-25-41-39)44(37)30-18-8-3-9-19-30/h1-27H. The summed E-state index contributed by atoms with van der Waals surface area (Å²) in [6.07, 6.45) is 1.85. The van der Waals surface area contributed by atoms with Crippen molar-refractivity contribution in [3.05, 3.63) is 164 Å². The van der Waals surface area contributed by atoms with E-state index in [0.717, 1.165) is 72.4 Å². The molecule has 0 N–H and O–H groups in total. The van der Waals surface area contributed by atoms with E-state index in [-0.39, 0.29) is 0 Å². The molecule has 212 valence electrons. The summed E-state index contributed by atoms with van der Waals surface area (Å²) in [5.74, 6) is 0. The molecule has 0 saturated heterocycles. The third-order valence-corrected chi connectivity index (χ3v) is 8.51. The van der Waals surface area contributed by atoms with E-state index in [0.29, 0.717) is 0 Å². The minimum absolute atomic E-state index is 0.901. The van der Waals surface area contributed by atoms with Crippen LogP contribution in [-0.4, -0.2) is 19.1 Å².